The van der Waals surface area contributed by atoms with Crippen LogP contribution in [-0.4, -0.2) is 64.4 Å². The van der Waals surface area contributed by atoms with Crippen molar-refractivity contribution in [1.82, 2.24) is 26.6 Å². The summed E-state index contributed by atoms with van der Waals surface area (Å²) in [6, 6.07) is 1.35. The average Bonchev–Trinajstić information content (AvgIpc) is 2.81. The van der Waals surface area contributed by atoms with Crippen LogP contribution >= 0.6 is 0 Å². The van der Waals surface area contributed by atoms with Crippen LogP contribution in [0.4, 0.5) is 0 Å². The monoisotopic (exact) mass is 255 g/mol. The second kappa shape index (κ2) is 8.82. The maximum Gasteiger partial charge on any atom is 0.0221 e. The van der Waals surface area contributed by atoms with Gasteiger partial charge in [-0.2, -0.15) is 0 Å². The van der Waals surface area contributed by atoms with E-state index in [-0.39, 0.29) is 0 Å². The Morgan fingerprint density at radius 1 is 0.500 bits per heavy atom. The van der Waals surface area contributed by atoms with Crippen LogP contribution in [0.5, 0.6) is 0 Å². The number of nitrogens with one attached hydrogen (secondary N) is 5. The van der Waals surface area contributed by atoms with Crippen LogP contribution in [0.1, 0.15) is 19.3 Å². The van der Waals surface area contributed by atoms with Crippen molar-refractivity contribution in [3.63, 3.8) is 0 Å². The highest BCUT2D eigenvalue weighted by molar-refractivity contribution is 4.88. The van der Waals surface area contributed by atoms with Gasteiger partial charge in [0.05, 0.1) is 0 Å². The molecule has 0 aromatic heterocycles. The second-order valence-electron chi connectivity index (χ2n) is 5.30. The average molecular weight is 255 g/mol. The molecule has 2 aliphatic rings. The van der Waals surface area contributed by atoms with Crippen molar-refractivity contribution in [1.29, 1.82) is 0 Å². The molecule has 0 aromatic rings. The Hall–Kier alpha value is -0.200. The van der Waals surface area contributed by atoms with Gasteiger partial charge in [0, 0.05) is 64.4 Å². The minimum atomic E-state index is 0.676. The molecule has 1 aliphatic heterocycles. The normalized spacial score (nSPS) is 33.3. The summed E-state index contributed by atoms with van der Waals surface area (Å²) in [4.78, 5) is 0. The molecule has 0 amide bonds. The number of fused-ring (bicyclic) bond motifs is 1. The van der Waals surface area contributed by atoms with E-state index in [4.69, 9.17) is 0 Å². The van der Waals surface area contributed by atoms with Crippen LogP contribution in [0.3, 0.4) is 0 Å². The summed E-state index contributed by atoms with van der Waals surface area (Å²) < 4.78 is 0. The van der Waals surface area contributed by atoms with Crippen LogP contribution in [0.25, 0.3) is 0 Å². The third-order valence-corrected chi connectivity index (χ3v) is 3.89. The fourth-order valence-corrected chi connectivity index (χ4v) is 2.87. The van der Waals surface area contributed by atoms with Gasteiger partial charge in [0.15, 0.2) is 0 Å². The van der Waals surface area contributed by atoms with Crippen molar-refractivity contribution >= 4 is 0 Å². The van der Waals surface area contributed by atoms with E-state index in [2.05, 4.69) is 26.6 Å². The molecule has 106 valence electrons. The Labute approximate surface area is 111 Å². The van der Waals surface area contributed by atoms with Gasteiger partial charge in [-0.05, 0) is 12.8 Å². The third-order valence-electron chi connectivity index (χ3n) is 3.89. The minimum absolute atomic E-state index is 0.676. The van der Waals surface area contributed by atoms with Crippen LogP contribution in [0.2, 0.25) is 0 Å². The molecule has 2 fully saturated rings. The summed E-state index contributed by atoms with van der Waals surface area (Å²) in [5, 5.41) is 17.7. The fourth-order valence-electron chi connectivity index (χ4n) is 2.87. The van der Waals surface area contributed by atoms with Gasteiger partial charge in [-0.1, -0.05) is 6.42 Å². The van der Waals surface area contributed by atoms with E-state index < -0.39 is 0 Å². The first-order valence-corrected chi connectivity index (χ1v) is 7.56. The highest BCUT2D eigenvalue weighted by Gasteiger charge is 2.25. The predicted octanol–water partition coefficient (Wildman–Crippen LogP) is -1.13. The molecule has 1 aliphatic carbocycles. The van der Waals surface area contributed by atoms with Crippen LogP contribution in [0.15, 0.2) is 0 Å². The van der Waals surface area contributed by atoms with Gasteiger partial charge in [0.25, 0.3) is 0 Å². The smallest absolute Gasteiger partial charge is 0.0221 e. The zero-order valence-corrected chi connectivity index (χ0v) is 11.4. The highest BCUT2D eigenvalue weighted by atomic mass is 15.1. The molecule has 0 unspecified atom stereocenters. The zero-order chi connectivity index (χ0) is 12.5. The molecule has 2 rings (SSSR count). The summed E-state index contributed by atoms with van der Waals surface area (Å²) in [5.74, 6) is 0. The molecular weight excluding hydrogens is 226 g/mol. The first-order valence-electron chi connectivity index (χ1n) is 7.56. The molecule has 2 atom stereocenters. The minimum Gasteiger partial charge on any atom is -0.314 e. The van der Waals surface area contributed by atoms with E-state index in [1.54, 1.807) is 0 Å². The van der Waals surface area contributed by atoms with Gasteiger partial charge < -0.3 is 26.6 Å². The van der Waals surface area contributed by atoms with Gasteiger partial charge in [-0.3, -0.25) is 0 Å². The molecule has 0 radical (unpaired) electrons. The van der Waals surface area contributed by atoms with E-state index in [1.165, 1.54) is 19.3 Å². The molecule has 1 saturated heterocycles. The molecule has 5 heteroatoms. The lowest BCUT2D eigenvalue weighted by Gasteiger charge is -2.22. The van der Waals surface area contributed by atoms with E-state index in [1.807, 2.05) is 0 Å². The number of hydrogen-bond donors (Lipinski definition) is 5. The summed E-state index contributed by atoms with van der Waals surface area (Å²) in [6.07, 6.45) is 4.01. The molecular formula is C13H29N5. The van der Waals surface area contributed by atoms with E-state index in [0.29, 0.717) is 12.1 Å². The highest BCUT2D eigenvalue weighted by Crippen LogP contribution is 2.18. The van der Waals surface area contributed by atoms with Gasteiger partial charge in [-0.15, -0.1) is 0 Å². The molecule has 5 N–H and O–H groups in total. The Bertz CT molecular complexity index is 192. The van der Waals surface area contributed by atoms with Crippen LogP contribution in [-0.2, 0) is 0 Å². The molecule has 5 nitrogen and oxygen atoms in total. The van der Waals surface area contributed by atoms with E-state index in [9.17, 15) is 0 Å². The number of rotatable bonds is 0. The van der Waals surface area contributed by atoms with Gasteiger partial charge in [0.2, 0.25) is 0 Å². The third kappa shape index (κ3) is 5.20. The molecule has 18 heavy (non-hydrogen) atoms. The van der Waals surface area contributed by atoms with Crippen LogP contribution < -0.4 is 26.6 Å². The van der Waals surface area contributed by atoms with E-state index >= 15 is 0 Å². The molecule has 0 spiro atoms. The van der Waals surface area contributed by atoms with Crippen molar-refractivity contribution in [2.45, 2.75) is 31.3 Å². The molecule has 1 heterocycles. The first kappa shape index (κ1) is 14.2. The lowest BCUT2D eigenvalue weighted by molar-refractivity contribution is 0.407. The maximum absolute atomic E-state index is 3.69. The first-order chi connectivity index (χ1) is 8.97. The van der Waals surface area contributed by atoms with Gasteiger partial charge >= 0.3 is 0 Å². The van der Waals surface area contributed by atoms with Gasteiger partial charge in [-0.25, -0.2) is 0 Å². The topological polar surface area (TPSA) is 60.1 Å². The Balaban J connectivity index is 1.71. The summed E-state index contributed by atoms with van der Waals surface area (Å²) in [7, 11) is 0. The SMILES string of the molecule is C1C[C@H]2NCCNCCNCCNCCN[C@@H]2C1. The Morgan fingerprint density at radius 2 is 0.889 bits per heavy atom. The largest absolute Gasteiger partial charge is 0.314 e. The fraction of sp³-hybridized carbons (Fsp3) is 1.00. The van der Waals surface area contributed by atoms with Crippen molar-refractivity contribution in [3.05, 3.63) is 0 Å². The Morgan fingerprint density at radius 3 is 1.33 bits per heavy atom. The van der Waals surface area contributed by atoms with Gasteiger partial charge in [0.1, 0.15) is 0 Å². The predicted molar refractivity (Wildman–Crippen MR) is 76.0 cm³/mol. The summed E-state index contributed by atoms with van der Waals surface area (Å²) in [5.41, 5.74) is 0. The lowest BCUT2D eigenvalue weighted by Crippen LogP contribution is -2.47. The van der Waals surface area contributed by atoms with Crippen molar-refractivity contribution in [3.8, 4) is 0 Å². The number of hydrogen-bond acceptors (Lipinski definition) is 5. The maximum atomic E-state index is 3.69. The van der Waals surface area contributed by atoms with Crippen LogP contribution in [0, 0.1) is 0 Å². The zero-order valence-electron chi connectivity index (χ0n) is 11.4. The molecule has 1 saturated carbocycles. The summed E-state index contributed by atoms with van der Waals surface area (Å²) in [6.45, 7) is 8.56. The standard InChI is InChI=1S/C13H29N5/c1-2-12-13(3-1)18-11-9-16-7-5-14-4-6-15-8-10-17-12/h12-18H,1-11H2/t12-,13-/m1/s1. The molecule has 0 aromatic carbocycles. The summed E-state index contributed by atoms with van der Waals surface area (Å²) >= 11 is 0. The lowest BCUT2D eigenvalue weighted by atomic mass is 10.1. The molecule has 0 bridgehead atoms. The van der Waals surface area contributed by atoms with Crippen molar-refractivity contribution in [2.24, 2.45) is 0 Å². The van der Waals surface area contributed by atoms with E-state index in [0.717, 1.165) is 52.4 Å². The van der Waals surface area contributed by atoms with Crippen molar-refractivity contribution < 1.29 is 0 Å². The van der Waals surface area contributed by atoms with Crippen molar-refractivity contribution in [2.75, 3.05) is 52.4 Å². The second-order valence-corrected chi connectivity index (χ2v) is 5.30. The Kier molecular flexibility index (Phi) is 6.97. The quantitative estimate of drug-likeness (QED) is 0.379.